The van der Waals surface area contributed by atoms with Crippen LogP contribution in [0.25, 0.3) is 0 Å². The minimum atomic E-state index is 0.377. The standard InChI is InChI=1S/C15H24BrN3/c1-18(2)15(7-4-8-15)11-19(3)10-12-9-13(17)5-6-14(12)16/h5-6,9H,4,7-8,10-11,17H2,1-3H3. The minimum absolute atomic E-state index is 0.377. The first-order chi connectivity index (χ1) is 8.93. The van der Waals surface area contributed by atoms with Gasteiger partial charge >= 0.3 is 0 Å². The van der Waals surface area contributed by atoms with E-state index in [1.807, 2.05) is 12.1 Å². The highest BCUT2D eigenvalue weighted by atomic mass is 79.9. The molecule has 19 heavy (non-hydrogen) atoms. The molecule has 1 saturated carbocycles. The molecule has 2 rings (SSSR count). The summed E-state index contributed by atoms with van der Waals surface area (Å²) >= 11 is 3.61. The molecule has 1 aliphatic rings. The van der Waals surface area contributed by atoms with Gasteiger partial charge in [0.2, 0.25) is 0 Å². The van der Waals surface area contributed by atoms with E-state index in [-0.39, 0.29) is 0 Å². The van der Waals surface area contributed by atoms with Crippen molar-refractivity contribution in [3.63, 3.8) is 0 Å². The number of nitrogens with zero attached hydrogens (tertiary/aromatic N) is 2. The Morgan fingerprint density at radius 3 is 2.47 bits per heavy atom. The van der Waals surface area contributed by atoms with Crippen LogP contribution in [0.15, 0.2) is 22.7 Å². The SMILES string of the molecule is CN(Cc1cc(N)ccc1Br)CC1(N(C)C)CCC1. The van der Waals surface area contributed by atoms with Crippen LogP contribution in [0.5, 0.6) is 0 Å². The van der Waals surface area contributed by atoms with E-state index < -0.39 is 0 Å². The maximum absolute atomic E-state index is 5.87. The number of nitrogen functional groups attached to an aromatic ring is 1. The molecule has 0 amide bonds. The minimum Gasteiger partial charge on any atom is -0.399 e. The third kappa shape index (κ3) is 3.30. The van der Waals surface area contributed by atoms with Gasteiger partial charge in [-0.05, 0) is 64.2 Å². The summed E-state index contributed by atoms with van der Waals surface area (Å²) in [5, 5.41) is 0. The van der Waals surface area contributed by atoms with E-state index >= 15 is 0 Å². The number of hydrogen-bond donors (Lipinski definition) is 1. The molecule has 0 atom stereocenters. The summed E-state index contributed by atoms with van der Waals surface area (Å²) in [6, 6.07) is 6.02. The van der Waals surface area contributed by atoms with Crippen LogP contribution < -0.4 is 5.73 Å². The molecule has 2 N–H and O–H groups in total. The molecule has 1 fully saturated rings. The lowest BCUT2D eigenvalue weighted by atomic mass is 9.75. The number of nitrogens with two attached hydrogens (primary N) is 1. The quantitative estimate of drug-likeness (QED) is 0.845. The summed E-state index contributed by atoms with van der Waals surface area (Å²) in [4.78, 5) is 4.79. The Kier molecular flexibility index (Phi) is 4.54. The van der Waals surface area contributed by atoms with Crippen LogP contribution in [-0.2, 0) is 6.54 Å². The molecule has 106 valence electrons. The van der Waals surface area contributed by atoms with Crippen molar-refractivity contribution in [1.29, 1.82) is 0 Å². The van der Waals surface area contributed by atoms with Gasteiger partial charge in [0.05, 0.1) is 0 Å². The highest BCUT2D eigenvalue weighted by Gasteiger charge is 2.39. The molecule has 3 nitrogen and oxygen atoms in total. The van der Waals surface area contributed by atoms with Crippen molar-refractivity contribution in [1.82, 2.24) is 9.80 Å². The van der Waals surface area contributed by atoms with Crippen molar-refractivity contribution in [2.24, 2.45) is 0 Å². The second-order valence-electron chi connectivity index (χ2n) is 6.00. The van der Waals surface area contributed by atoms with Gasteiger partial charge in [-0.2, -0.15) is 0 Å². The van der Waals surface area contributed by atoms with E-state index in [4.69, 9.17) is 5.73 Å². The first-order valence-electron chi connectivity index (χ1n) is 6.83. The molecule has 0 radical (unpaired) electrons. The van der Waals surface area contributed by atoms with Gasteiger partial charge in [0, 0.05) is 28.8 Å². The fourth-order valence-corrected chi connectivity index (χ4v) is 3.27. The zero-order valence-corrected chi connectivity index (χ0v) is 13.7. The van der Waals surface area contributed by atoms with Crippen molar-refractivity contribution in [2.45, 2.75) is 31.3 Å². The summed E-state index contributed by atoms with van der Waals surface area (Å²) in [6.45, 7) is 2.04. The average Bonchev–Trinajstić information content (AvgIpc) is 2.28. The van der Waals surface area contributed by atoms with Crippen LogP contribution in [0.1, 0.15) is 24.8 Å². The number of anilines is 1. The van der Waals surface area contributed by atoms with Crippen LogP contribution in [0.4, 0.5) is 5.69 Å². The third-order valence-electron chi connectivity index (χ3n) is 4.31. The van der Waals surface area contributed by atoms with Gasteiger partial charge in [0.1, 0.15) is 0 Å². The number of halogens is 1. The Morgan fingerprint density at radius 1 is 1.26 bits per heavy atom. The van der Waals surface area contributed by atoms with E-state index in [0.717, 1.165) is 23.2 Å². The van der Waals surface area contributed by atoms with Crippen molar-refractivity contribution in [2.75, 3.05) is 33.4 Å². The van der Waals surface area contributed by atoms with Gasteiger partial charge in [-0.25, -0.2) is 0 Å². The molecule has 0 spiro atoms. The fraction of sp³-hybridized carbons (Fsp3) is 0.600. The molecular weight excluding hydrogens is 302 g/mol. The molecule has 0 heterocycles. The van der Waals surface area contributed by atoms with Crippen LogP contribution in [0, 0.1) is 0 Å². The van der Waals surface area contributed by atoms with Crippen LogP contribution in [0.3, 0.4) is 0 Å². The van der Waals surface area contributed by atoms with Gasteiger partial charge in [-0.1, -0.05) is 15.9 Å². The maximum Gasteiger partial charge on any atom is 0.0330 e. The number of hydrogen-bond acceptors (Lipinski definition) is 3. The molecule has 0 aliphatic heterocycles. The Hall–Kier alpha value is -0.580. The topological polar surface area (TPSA) is 32.5 Å². The molecule has 1 aromatic carbocycles. The predicted molar refractivity (Wildman–Crippen MR) is 85.2 cm³/mol. The lowest BCUT2D eigenvalue weighted by Gasteiger charge is -2.49. The molecule has 0 saturated heterocycles. The van der Waals surface area contributed by atoms with Crippen LogP contribution in [-0.4, -0.2) is 43.0 Å². The zero-order valence-electron chi connectivity index (χ0n) is 12.1. The van der Waals surface area contributed by atoms with Crippen molar-refractivity contribution in [3.8, 4) is 0 Å². The highest BCUT2D eigenvalue weighted by Crippen LogP contribution is 2.37. The lowest BCUT2D eigenvalue weighted by molar-refractivity contribution is 0.0258. The Morgan fingerprint density at radius 2 is 1.95 bits per heavy atom. The summed E-state index contributed by atoms with van der Waals surface area (Å²) < 4.78 is 1.14. The second kappa shape index (κ2) is 5.81. The molecule has 1 aromatic rings. The van der Waals surface area contributed by atoms with E-state index in [2.05, 4.69) is 52.9 Å². The Bertz CT molecular complexity index is 441. The van der Waals surface area contributed by atoms with Crippen molar-refractivity contribution in [3.05, 3.63) is 28.2 Å². The molecule has 0 bridgehead atoms. The van der Waals surface area contributed by atoms with E-state index in [1.54, 1.807) is 0 Å². The second-order valence-corrected chi connectivity index (χ2v) is 6.85. The third-order valence-corrected chi connectivity index (χ3v) is 5.08. The van der Waals surface area contributed by atoms with E-state index in [1.165, 1.54) is 24.8 Å². The van der Waals surface area contributed by atoms with Crippen LogP contribution in [0.2, 0.25) is 0 Å². The fourth-order valence-electron chi connectivity index (χ4n) is 2.90. The first-order valence-corrected chi connectivity index (χ1v) is 7.62. The lowest BCUT2D eigenvalue weighted by Crippen LogP contribution is -2.56. The van der Waals surface area contributed by atoms with Gasteiger partial charge in [0.25, 0.3) is 0 Å². The van der Waals surface area contributed by atoms with Gasteiger partial charge in [-0.15, -0.1) is 0 Å². The summed E-state index contributed by atoms with van der Waals surface area (Å²) in [6.07, 6.45) is 3.97. The smallest absolute Gasteiger partial charge is 0.0330 e. The summed E-state index contributed by atoms with van der Waals surface area (Å²) in [7, 11) is 6.59. The van der Waals surface area contributed by atoms with E-state index in [0.29, 0.717) is 5.54 Å². The number of likely N-dealkylation sites (N-methyl/N-ethyl adjacent to an activating group) is 2. The molecule has 1 aliphatic carbocycles. The van der Waals surface area contributed by atoms with Crippen LogP contribution >= 0.6 is 15.9 Å². The molecule has 0 unspecified atom stereocenters. The highest BCUT2D eigenvalue weighted by molar-refractivity contribution is 9.10. The maximum atomic E-state index is 5.87. The molecule has 0 aromatic heterocycles. The Balaban J connectivity index is 2.01. The monoisotopic (exact) mass is 325 g/mol. The van der Waals surface area contributed by atoms with Gasteiger partial charge < -0.3 is 15.5 Å². The van der Waals surface area contributed by atoms with Crippen molar-refractivity contribution >= 4 is 21.6 Å². The van der Waals surface area contributed by atoms with Gasteiger partial charge in [-0.3, -0.25) is 0 Å². The van der Waals surface area contributed by atoms with Crippen molar-refractivity contribution < 1.29 is 0 Å². The number of benzene rings is 1. The number of rotatable bonds is 5. The first kappa shape index (κ1) is 14.8. The summed E-state index contributed by atoms with van der Waals surface area (Å²) in [5.74, 6) is 0. The average molecular weight is 326 g/mol. The largest absolute Gasteiger partial charge is 0.399 e. The normalized spacial score (nSPS) is 17.8. The molecular formula is C15H24BrN3. The Labute approximate surface area is 124 Å². The molecule has 4 heteroatoms. The predicted octanol–water partition coefficient (Wildman–Crippen LogP) is 2.95. The summed E-state index contributed by atoms with van der Waals surface area (Å²) in [5.41, 5.74) is 8.34. The van der Waals surface area contributed by atoms with E-state index in [9.17, 15) is 0 Å². The van der Waals surface area contributed by atoms with Gasteiger partial charge in [0.15, 0.2) is 0 Å². The zero-order chi connectivity index (χ0) is 14.0.